The van der Waals surface area contributed by atoms with Crippen LogP contribution in [0.1, 0.15) is 18.4 Å². The van der Waals surface area contributed by atoms with E-state index in [-0.39, 0.29) is 17.6 Å². The van der Waals surface area contributed by atoms with Crippen molar-refractivity contribution >= 4 is 11.8 Å². The van der Waals surface area contributed by atoms with Gasteiger partial charge in [-0.3, -0.25) is 9.36 Å². The summed E-state index contributed by atoms with van der Waals surface area (Å²) in [5.41, 5.74) is -0.685. The van der Waals surface area contributed by atoms with E-state index in [1.807, 2.05) is 0 Å². The topological polar surface area (TPSA) is 73.6 Å². The van der Waals surface area contributed by atoms with Gasteiger partial charge in [-0.25, -0.2) is 4.98 Å². The van der Waals surface area contributed by atoms with Crippen molar-refractivity contribution in [3.05, 3.63) is 70.8 Å². The number of ether oxygens (including phenoxy) is 2. The molecule has 0 radical (unpaired) electrons. The van der Waals surface area contributed by atoms with E-state index >= 15 is 0 Å². The molecule has 4 rings (SSSR count). The van der Waals surface area contributed by atoms with Gasteiger partial charge < -0.3 is 14.6 Å². The van der Waals surface area contributed by atoms with Gasteiger partial charge >= 0.3 is 6.18 Å². The number of aliphatic hydroxyl groups is 1. The predicted octanol–water partition coefficient (Wildman–Crippen LogP) is 4.56. The van der Waals surface area contributed by atoms with Crippen molar-refractivity contribution in [1.29, 1.82) is 0 Å². The molecule has 1 fully saturated rings. The van der Waals surface area contributed by atoms with Crippen LogP contribution in [0.15, 0.2) is 69.6 Å². The number of benzene rings is 2. The average molecular weight is 478 g/mol. The van der Waals surface area contributed by atoms with Gasteiger partial charge in [0.1, 0.15) is 6.61 Å². The fourth-order valence-corrected chi connectivity index (χ4v) is 4.00. The first-order valence-corrected chi connectivity index (χ1v) is 11.0. The lowest BCUT2D eigenvalue weighted by molar-refractivity contribution is -0.137. The summed E-state index contributed by atoms with van der Waals surface area (Å²) in [4.78, 5) is 17.5. The molecule has 0 amide bonds. The minimum absolute atomic E-state index is 0.115. The molecule has 1 aromatic heterocycles. The molecule has 10 heteroatoms. The summed E-state index contributed by atoms with van der Waals surface area (Å²) in [6, 6.07) is 9.50. The molecule has 1 unspecified atom stereocenters. The van der Waals surface area contributed by atoms with Crippen molar-refractivity contribution in [2.75, 3.05) is 13.7 Å². The van der Waals surface area contributed by atoms with Crippen molar-refractivity contribution in [3.8, 4) is 17.2 Å². The molecule has 2 aromatic carbocycles. The molecule has 1 aliphatic carbocycles. The van der Waals surface area contributed by atoms with Gasteiger partial charge in [0.15, 0.2) is 16.5 Å². The van der Waals surface area contributed by atoms with Crippen LogP contribution in [0.2, 0.25) is 0 Å². The number of rotatable bonds is 8. The molecule has 1 N–H and O–H groups in total. The third-order valence-corrected chi connectivity index (χ3v) is 6.19. The maximum Gasteiger partial charge on any atom is 0.416 e. The van der Waals surface area contributed by atoms with Gasteiger partial charge in [0.05, 0.1) is 24.5 Å². The molecule has 0 saturated heterocycles. The van der Waals surface area contributed by atoms with Gasteiger partial charge in [0.2, 0.25) is 0 Å². The second-order valence-corrected chi connectivity index (χ2v) is 8.64. The number of methoxy groups -OCH3 is 1. The van der Waals surface area contributed by atoms with Crippen LogP contribution in [-0.2, 0) is 6.18 Å². The highest BCUT2D eigenvalue weighted by atomic mass is 32.2. The van der Waals surface area contributed by atoms with E-state index in [1.165, 1.54) is 36.2 Å². The number of aromatic nitrogens is 2. The molecule has 0 aliphatic heterocycles. The summed E-state index contributed by atoms with van der Waals surface area (Å²) in [5.74, 6) is 1.13. The molecular weight excluding hydrogens is 457 g/mol. The van der Waals surface area contributed by atoms with Crippen LogP contribution in [-0.4, -0.2) is 34.5 Å². The van der Waals surface area contributed by atoms with Crippen LogP contribution in [0.5, 0.6) is 11.5 Å². The second-order valence-electron chi connectivity index (χ2n) is 7.58. The molecule has 1 heterocycles. The Bertz CT molecular complexity index is 1180. The lowest BCUT2D eigenvalue weighted by Gasteiger charge is -2.15. The Morgan fingerprint density at radius 2 is 1.91 bits per heavy atom. The van der Waals surface area contributed by atoms with E-state index in [1.54, 1.807) is 18.2 Å². The predicted molar refractivity (Wildman–Crippen MR) is 116 cm³/mol. The van der Waals surface area contributed by atoms with Gasteiger partial charge in [-0.2, -0.15) is 13.2 Å². The van der Waals surface area contributed by atoms with Crippen LogP contribution in [0.25, 0.3) is 5.69 Å². The molecule has 1 saturated carbocycles. The molecule has 174 valence electrons. The Hall–Kier alpha value is -2.98. The highest BCUT2D eigenvalue weighted by Crippen LogP contribution is 2.35. The number of hydrogen-bond donors (Lipinski definition) is 1. The standard InChI is InChI=1S/C23H21F3N2O4S/c1-31-20-12-16(6-9-19(20)32-13-18(29)14-2-3-14)28-11-10-27-21(22(28)30)33-17-7-4-15(5-8-17)23(24,25)26/h4-12,14,18,29H,2-3,13H2,1H3. The summed E-state index contributed by atoms with van der Waals surface area (Å²) in [7, 11) is 1.48. The monoisotopic (exact) mass is 478 g/mol. The summed E-state index contributed by atoms with van der Waals surface area (Å²) in [6.45, 7) is 0.156. The molecular formula is C23H21F3N2O4S. The van der Waals surface area contributed by atoms with Crippen molar-refractivity contribution in [2.24, 2.45) is 5.92 Å². The highest BCUT2D eigenvalue weighted by molar-refractivity contribution is 7.99. The lowest BCUT2D eigenvalue weighted by Crippen LogP contribution is -2.21. The van der Waals surface area contributed by atoms with E-state index in [2.05, 4.69) is 4.98 Å². The van der Waals surface area contributed by atoms with Crippen LogP contribution < -0.4 is 15.0 Å². The SMILES string of the molecule is COc1cc(-n2ccnc(Sc3ccc(C(F)(F)F)cc3)c2=O)ccc1OCC(O)C1CC1. The fraction of sp³-hybridized carbons (Fsp3) is 0.304. The molecule has 0 spiro atoms. The van der Waals surface area contributed by atoms with Crippen molar-refractivity contribution in [2.45, 2.75) is 35.0 Å². The van der Waals surface area contributed by atoms with Crippen LogP contribution >= 0.6 is 11.8 Å². The number of hydrogen-bond acceptors (Lipinski definition) is 6. The molecule has 1 atom stereocenters. The normalized spacial score (nSPS) is 14.7. The first-order chi connectivity index (χ1) is 15.8. The summed E-state index contributed by atoms with van der Waals surface area (Å²) >= 11 is 0.980. The first kappa shape index (κ1) is 23.2. The summed E-state index contributed by atoms with van der Waals surface area (Å²) in [6.07, 6.45) is -0.0214. The van der Waals surface area contributed by atoms with E-state index in [4.69, 9.17) is 9.47 Å². The van der Waals surface area contributed by atoms with E-state index in [0.717, 1.165) is 36.7 Å². The quantitative estimate of drug-likeness (QED) is 0.512. The maximum absolute atomic E-state index is 13.0. The molecule has 0 bridgehead atoms. The maximum atomic E-state index is 13.0. The molecule has 1 aliphatic rings. The molecule has 6 nitrogen and oxygen atoms in total. The zero-order valence-corrected chi connectivity index (χ0v) is 18.4. The fourth-order valence-electron chi connectivity index (χ4n) is 3.21. The van der Waals surface area contributed by atoms with Crippen LogP contribution in [0, 0.1) is 5.92 Å². The van der Waals surface area contributed by atoms with E-state index < -0.39 is 23.4 Å². The highest BCUT2D eigenvalue weighted by Gasteiger charge is 2.31. The summed E-state index contributed by atoms with van der Waals surface area (Å²) < 4.78 is 50.7. The summed E-state index contributed by atoms with van der Waals surface area (Å²) in [5, 5.41) is 10.1. The zero-order chi connectivity index (χ0) is 23.6. The Morgan fingerprint density at radius 3 is 2.55 bits per heavy atom. The number of nitrogens with zero attached hydrogens (tertiary/aromatic N) is 2. The smallest absolute Gasteiger partial charge is 0.416 e. The molecule has 33 heavy (non-hydrogen) atoms. The Kier molecular flexibility index (Phi) is 6.66. The van der Waals surface area contributed by atoms with Crippen molar-refractivity contribution in [1.82, 2.24) is 9.55 Å². The van der Waals surface area contributed by atoms with Gasteiger partial charge in [-0.15, -0.1) is 0 Å². The van der Waals surface area contributed by atoms with Gasteiger partial charge in [-0.05, 0) is 55.2 Å². The number of aliphatic hydroxyl groups excluding tert-OH is 1. The Morgan fingerprint density at radius 1 is 1.18 bits per heavy atom. The van der Waals surface area contributed by atoms with Gasteiger partial charge in [-0.1, -0.05) is 11.8 Å². The van der Waals surface area contributed by atoms with Crippen molar-refractivity contribution in [3.63, 3.8) is 0 Å². The van der Waals surface area contributed by atoms with Gasteiger partial charge in [0, 0.05) is 23.4 Å². The third-order valence-electron chi connectivity index (χ3n) is 5.21. The Labute approximate surface area is 192 Å². The minimum atomic E-state index is -4.42. The first-order valence-electron chi connectivity index (χ1n) is 10.2. The van der Waals surface area contributed by atoms with Crippen molar-refractivity contribution < 1.29 is 27.8 Å². The van der Waals surface area contributed by atoms with E-state index in [0.29, 0.717) is 22.1 Å². The second kappa shape index (κ2) is 9.48. The molecule has 3 aromatic rings. The van der Waals surface area contributed by atoms with Crippen LogP contribution in [0.3, 0.4) is 0 Å². The van der Waals surface area contributed by atoms with Crippen LogP contribution in [0.4, 0.5) is 13.2 Å². The third kappa shape index (κ3) is 5.51. The zero-order valence-electron chi connectivity index (χ0n) is 17.6. The minimum Gasteiger partial charge on any atom is -0.493 e. The van der Waals surface area contributed by atoms with Gasteiger partial charge in [0.25, 0.3) is 5.56 Å². The lowest BCUT2D eigenvalue weighted by atomic mass is 10.2. The average Bonchev–Trinajstić information content (AvgIpc) is 3.64. The number of alkyl halides is 3. The Balaban J connectivity index is 1.54. The number of halogens is 3. The largest absolute Gasteiger partial charge is 0.493 e. The van der Waals surface area contributed by atoms with E-state index in [9.17, 15) is 23.1 Å².